The Morgan fingerprint density at radius 1 is 0.652 bits per heavy atom. The molecule has 0 aliphatic rings. The van der Waals surface area contributed by atoms with Gasteiger partial charge in [0.1, 0.15) is 11.5 Å². The highest BCUT2D eigenvalue weighted by molar-refractivity contribution is 5.72. The van der Waals surface area contributed by atoms with E-state index in [9.17, 15) is 9.59 Å². The molecule has 0 fully saturated rings. The molecule has 23 heavy (non-hydrogen) atoms. The predicted molar refractivity (Wildman–Crippen MR) is 80.9 cm³/mol. The lowest BCUT2D eigenvalue weighted by Crippen LogP contribution is -2.21. The normalized spacial score (nSPS) is 9.74. The van der Waals surface area contributed by atoms with Gasteiger partial charge in [-0.15, -0.1) is 0 Å². The van der Waals surface area contributed by atoms with Crippen LogP contribution in [0.25, 0.3) is 0 Å². The van der Waals surface area contributed by atoms with Gasteiger partial charge in [0, 0.05) is 0 Å². The largest absolute Gasteiger partial charge is 0.482 e. The minimum atomic E-state index is -0.634. The zero-order valence-corrected chi connectivity index (χ0v) is 12.3. The second-order valence-corrected chi connectivity index (χ2v) is 4.35. The molecule has 0 heterocycles. The van der Waals surface area contributed by atoms with Crippen LogP contribution in [0, 0.1) is 0 Å². The van der Waals surface area contributed by atoms with Crippen LogP contribution in [0.3, 0.4) is 0 Å². The second-order valence-electron chi connectivity index (χ2n) is 4.35. The first kappa shape index (κ1) is 16.4. The SMILES string of the molecule is O=C(COc1ccccc1)OCOC(=O)COc1ccccc1. The molecule has 0 unspecified atom stereocenters. The van der Waals surface area contributed by atoms with Crippen molar-refractivity contribution >= 4 is 11.9 Å². The van der Waals surface area contributed by atoms with Gasteiger partial charge < -0.3 is 18.9 Å². The Morgan fingerprint density at radius 2 is 1.04 bits per heavy atom. The second kappa shape index (κ2) is 9.09. The standard InChI is InChI=1S/C17H16O6/c18-16(11-20-14-7-3-1-4-8-14)22-13-23-17(19)12-21-15-9-5-2-6-10-15/h1-10H,11-13H2. The lowest BCUT2D eigenvalue weighted by atomic mass is 10.3. The number of rotatable bonds is 8. The third-order valence-corrected chi connectivity index (χ3v) is 2.64. The molecule has 0 radical (unpaired) electrons. The van der Waals surface area contributed by atoms with E-state index in [0.29, 0.717) is 11.5 Å². The summed E-state index contributed by atoms with van der Waals surface area (Å²) in [4.78, 5) is 22.8. The van der Waals surface area contributed by atoms with E-state index in [4.69, 9.17) is 18.9 Å². The summed E-state index contributed by atoms with van der Waals surface area (Å²) in [5.41, 5.74) is 0. The first-order chi connectivity index (χ1) is 11.2. The maximum atomic E-state index is 11.4. The van der Waals surface area contributed by atoms with E-state index in [1.807, 2.05) is 12.1 Å². The first-order valence-electron chi connectivity index (χ1n) is 6.91. The van der Waals surface area contributed by atoms with Crippen molar-refractivity contribution in [3.05, 3.63) is 60.7 Å². The molecule has 0 aliphatic carbocycles. The smallest absolute Gasteiger partial charge is 0.347 e. The Hall–Kier alpha value is -3.02. The van der Waals surface area contributed by atoms with Crippen molar-refractivity contribution in [1.82, 2.24) is 0 Å². The molecule has 0 bridgehead atoms. The average molecular weight is 316 g/mol. The Balaban J connectivity index is 1.57. The third kappa shape index (κ3) is 6.52. The molecule has 2 aromatic rings. The van der Waals surface area contributed by atoms with Crippen molar-refractivity contribution in [2.24, 2.45) is 0 Å². The lowest BCUT2D eigenvalue weighted by Gasteiger charge is -2.08. The van der Waals surface area contributed by atoms with Crippen LogP contribution in [-0.2, 0) is 19.1 Å². The van der Waals surface area contributed by atoms with E-state index in [1.165, 1.54) is 0 Å². The van der Waals surface area contributed by atoms with Gasteiger partial charge in [-0.25, -0.2) is 9.59 Å². The molecule has 0 saturated heterocycles. The molecule has 0 amide bonds. The highest BCUT2D eigenvalue weighted by Crippen LogP contribution is 2.08. The van der Waals surface area contributed by atoms with Gasteiger partial charge in [-0.3, -0.25) is 0 Å². The van der Waals surface area contributed by atoms with Gasteiger partial charge in [-0.05, 0) is 24.3 Å². The van der Waals surface area contributed by atoms with E-state index < -0.39 is 18.7 Å². The number of esters is 2. The molecule has 0 aromatic heterocycles. The Kier molecular flexibility index (Phi) is 6.46. The molecule has 6 heteroatoms. The minimum absolute atomic E-state index is 0.262. The van der Waals surface area contributed by atoms with Gasteiger partial charge in [0.25, 0.3) is 0 Å². The number of benzene rings is 2. The molecular formula is C17H16O6. The third-order valence-electron chi connectivity index (χ3n) is 2.64. The van der Waals surface area contributed by atoms with Crippen LogP contribution in [0.5, 0.6) is 11.5 Å². The summed E-state index contributed by atoms with van der Waals surface area (Å²) in [6.45, 7) is -1.00. The van der Waals surface area contributed by atoms with Crippen molar-refractivity contribution in [1.29, 1.82) is 0 Å². The highest BCUT2D eigenvalue weighted by Gasteiger charge is 2.08. The summed E-state index contributed by atoms with van der Waals surface area (Å²) in [6.07, 6.45) is 0. The molecule has 120 valence electrons. The molecule has 0 atom stereocenters. The van der Waals surface area contributed by atoms with Crippen LogP contribution < -0.4 is 9.47 Å². The first-order valence-corrected chi connectivity index (χ1v) is 6.91. The van der Waals surface area contributed by atoms with Gasteiger partial charge in [-0.2, -0.15) is 0 Å². The molecule has 0 saturated carbocycles. The van der Waals surface area contributed by atoms with Gasteiger partial charge in [0.2, 0.25) is 6.79 Å². The molecular weight excluding hydrogens is 300 g/mol. The molecule has 2 aromatic carbocycles. The molecule has 0 spiro atoms. The summed E-state index contributed by atoms with van der Waals surface area (Å²) >= 11 is 0. The minimum Gasteiger partial charge on any atom is -0.482 e. The summed E-state index contributed by atoms with van der Waals surface area (Å²) in [5.74, 6) is -0.160. The maximum Gasteiger partial charge on any atom is 0.347 e. The highest BCUT2D eigenvalue weighted by atomic mass is 16.7. The van der Waals surface area contributed by atoms with Crippen LogP contribution in [0.2, 0.25) is 0 Å². The number of para-hydroxylation sites is 2. The van der Waals surface area contributed by atoms with E-state index in [-0.39, 0.29) is 13.2 Å². The van der Waals surface area contributed by atoms with E-state index >= 15 is 0 Å². The number of hydrogen-bond acceptors (Lipinski definition) is 6. The Morgan fingerprint density at radius 3 is 1.43 bits per heavy atom. The fraction of sp³-hybridized carbons (Fsp3) is 0.176. The summed E-state index contributed by atoms with van der Waals surface area (Å²) < 4.78 is 19.8. The van der Waals surface area contributed by atoms with Gasteiger partial charge in [0.05, 0.1) is 0 Å². The number of ether oxygens (including phenoxy) is 4. The number of carbonyl (C=O) groups excluding carboxylic acids is 2. The molecule has 6 nitrogen and oxygen atoms in total. The van der Waals surface area contributed by atoms with Gasteiger partial charge in [0.15, 0.2) is 13.2 Å². The van der Waals surface area contributed by atoms with Crippen LogP contribution in [0.1, 0.15) is 0 Å². The average Bonchev–Trinajstić information content (AvgIpc) is 2.60. The van der Waals surface area contributed by atoms with E-state index in [1.54, 1.807) is 48.5 Å². The fourth-order valence-electron chi connectivity index (χ4n) is 1.56. The number of hydrogen-bond donors (Lipinski definition) is 0. The Labute approximate surface area is 133 Å². The van der Waals surface area contributed by atoms with Crippen molar-refractivity contribution in [2.45, 2.75) is 0 Å². The summed E-state index contributed by atoms with van der Waals surface area (Å²) in [7, 11) is 0. The zero-order valence-electron chi connectivity index (χ0n) is 12.3. The zero-order chi connectivity index (χ0) is 16.3. The van der Waals surface area contributed by atoms with Crippen molar-refractivity contribution in [3.63, 3.8) is 0 Å². The number of carbonyl (C=O) groups is 2. The van der Waals surface area contributed by atoms with Crippen LogP contribution in [0.4, 0.5) is 0 Å². The summed E-state index contributed by atoms with van der Waals surface area (Å²) in [5, 5.41) is 0. The lowest BCUT2D eigenvalue weighted by molar-refractivity contribution is -0.169. The van der Waals surface area contributed by atoms with Crippen molar-refractivity contribution in [3.8, 4) is 11.5 Å². The van der Waals surface area contributed by atoms with Gasteiger partial charge >= 0.3 is 11.9 Å². The molecule has 0 N–H and O–H groups in total. The summed E-state index contributed by atoms with van der Waals surface area (Å²) in [6, 6.07) is 17.7. The molecule has 2 rings (SSSR count). The topological polar surface area (TPSA) is 71.1 Å². The van der Waals surface area contributed by atoms with Crippen molar-refractivity contribution < 1.29 is 28.5 Å². The molecule has 0 aliphatic heterocycles. The quantitative estimate of drug-likeness (QED) is 0.549. The predicted octanol–water partition coefficient (Wildman–Crippen LogP) is 2.19. The van der Waals surface area contributed by atoms with E-state index in [2.05, 4.69) is 0 Å². The van der Waals surface area contributed by atoms with Gasteiger partial charge in [-0.1, -0.05) is 36.4 Å². The van der Waals surface area contributed by atoms with Crippen LogP contribution in [-0.4, -0.2) is 31.9 Å². The fourth-order valence-corrected chi connectivity index (χ4v) is 1.56. The Bertz CT molecular complexity index is 556. The maximum absolute atomic E-state index is 11.4. The monoisotopic (exact) mass is 316 g/mol. The van der Waals surface area contributed by atoms with Crippen LogP contribution in [0.15, 0.2) is 60.7 Å². The van der Waals surface area contributed by atoms with E-state index in [0.717, 1.165) is 0 Å². The van der Waals surface area contributed by atoms with Crippen molar-refractivity contribution in [2.75, 3.05) is 20.0 Å². The van der Waals surface area contributed by atoms with Crippen LogP contribution >= 0.6 is 0 Å².